The van der Waals surface area contributed by atoms with Gasteiger partial charge in [0.05, 0.1) is 6.04 Å². The standard InChI is InChI=1S/C23H29NO2/c1-22(2,3)18-8-6-7-15(14-18)16-9-10-19-17(13-16)11-12-23(4,5)20(19)24-21(25)26/h6-10,13-14,20,24H,11-12H2,1-5H3,(H,25,26)/t20-/m1/s1. The van der Waals surface area contributed by atoms with Crippen LogP contribution in [0.5, 0.6) is 0 Å². The lowest BCUT2D eigenvalue weighted by Gasteiger charge is -2.40. The predicted molar refractivity (Wildman–Crippen MR) is 107 cm³/mol. The van der Waals surface area contributed by atoms with Crippen LogP contribution in [0.3, 0.4) is 0 Å². The molecule has 0 saturated heterocycles. The van der Waals surface area contributed by atoms with Crippen LogP contribution in [-0.4, -0.2) is 11.2 Å². The van der Waals surface area contributed by atoms with Gasteiger partial charge in [0.1, 0.15) is 0 Å². The third-order valence-corrected chi connectivity index (χ3v) is 5.60. The zero-order chi connectivity index (χ0) is 19.1. The van der Waals surface area contributed by atoms with E-state index in [4.69, 9.17) is 0 Å². The fraction of sp³-hybridized carbons (Fsp3) is 0.435. The molecule has 3 rings (SSSR count). The number of rotatable bonds is 2. The van der Waals surface area contributed by atoms with Crippen molar-refractivity contribution in [1.29, 1.82) is 0 Å². The molecule has 0 aromatic heterocycles. The zero-order valence-electron chi connectivity index (χ0n) is 16.4. The molecule has 0 saturated carbocycles. The normalized spacial score (nSPS) is 18.9. The first kappa shape index (κ1) is 18.5. The molecule has 0 spiro atoms. The monoisotopic (exact) mass is 351 g/mol. The van der Waals surface area contributed by atoms with Gasteiger partial charge in [-0.2, -0.15) is 0 Å². The molecule has 1 amide bonds. The van der Waals surface area contributed by atoms with Gasteiger partial charge in [-0.25, -0.2) is 4.79 Å². The highest BCUT2D eigenvalue weighted by atomic mass is 16.4. The molecule has 0 fully saturated rings. The average molecular weight is 351 g/mol. The number of carboxylic acid groups (broad SMARTS) is 1. The minimum Gasteiger partial charge on any atom is -0.465 e. The Morgan fingerprint density at radius 3 is 2.46 bits per heavy atom. The van der Waals surface area contributed by atoms with E-state index in [0.29, 0.717) is 0 Å². The summed E-state index contributed by atoms with van der Waals surface area (Å²) in [6.45, 7) is 10.9. The average Bonchev–Trinajstić information content (AvgIpc) is 2.56. The first-order chi connectivity index (χ1) is 12.1. The quantitative estimate of drug-likeness (QED) is 0.704. The van der Waals surface area contributed by atoms with Crippen molar-refractivity contribution in [3.05, 3.63) is 59.2 Å². The second-order valence-corrected chi connectivity index (χ2v) is 9.12. The smallest absolute Gasteiger partial charge is 0.405 e. The summed E-state index contributed by atoms with van der Waals surface area (Å²) in [5.74, 6) is 0. The van der Waals surface area contributed by atoms with E-state index < -0.39 is 6.09 Å². The fourth-order valence-corrected chi connectivity index (χ4v) is 3.87. The van der Waals surface area contributed by atoms with Gasteiger partial charge < -0.3 is 10.4 Å². The van der Waals surface area contributed by atoms with Crippen LogP contribution in [0.15, 0.2) is 42.5 Å². The SMILES string of the molecule is CC(C)(C)c1cccc(-c2ccc3c(c2)CCC(C)(C)[C@@H]3NC(=O)O)c1. The molecule has 2 aromatic rings. The van der Waals surface area contributed by atoms with Crippen LogP contribution >= 0.6 is 0 Å². The third kappa shape index (κ3) is 3.62. The molecule has 2 N–H and O–H groups in total. The fourth-order valence-electron chi connectivity index (χ4n) is 3.87. The Morgan fingerprint density at radius 1 is 1.12 bits per heavy atom. The third-order valence-electron chi connectivity index (χ3n) is 5.60. The van der Waals surface area contributed by atoms with Gasteiger partial charge in [0.25, 0.3) is 0 Å². The van der Waals surface area contributed by atoms with Crippen LogP contribution in [0.2, 0.25) is 0 Å². The van der Waals surface area contributed by atoms with Crippen LogP contribution in [0, 0.1) is 5.41 Å². The van der Waals surface area contributed by atoms with Crippen molar-refractivity contribution in [1.82, 2.24) is 5.32 Å². The van der Waals surface area contributed by atoms with Gasteiger partial charge in [0.2, 0.25) is 0 Å². The van der Waals surface area contributed by atoms with E-state index in [2.05, 4.69) is 82.4 Å². The first-order valence-corrected chi connectivity index (χ1v) is 9.31. The summed E-state index contributed by atoms with van der Waals surface area (Å²) in [6.07, 6.45) is 0.987. The summed E-state index contributed by atoms with van der Waals surface area (Å²) in [7, 11) is 0. The van der Waals surface area contributed by atoms with Crippen LogP contribution in [0.25, 0.3) is 11.1 Å². The highest BCUT2D eigenvalue weighted by Crippen LogP contribution is 2.44. The number of carbonyl (C=O) groups is 1. The van der Waals surface area contributed by atoms with Crippen LogP contribution in [-0.2, 0) is 11.8 Å². The number of hydrogen-bond acceptors (Lipinski definition) is 1. The Bertz CT molecular complexity index is 830. The molecule has 3 heteroatoms. The Morgan fingerprint density at radius 2 is 1.81 bits per heavy atom. The lowest BCUT2D eigenvalue weighted by molar-refractivity contribution is 0.161. The lowest BCUT2D eigenvalue weighted by atomic mass is 9.70. The summed E-state index contributed by atoms with van der Waals surface area (Å²) in [6, 6.07) is 15.0. The Hall–Kier alpha value is -2.29. The maximum atomic E-state index is 11.3. The number of aryl methyl sites for hydroxylation is 1. The van der Waals surface area contributed by atoms with Gasteiger partial charge in [-0.1, -0.05) is 77.1 Å². The molecule has 1 aliphatic carbocycles. The van der Waals surface area contributed by atoms with E-state index in [0.717, 1.165) is 18.4 Å². The summed E-state index contributed by atoms with van der Waals surface area (Å²) in [5, 5.41) is 12.0. The van der Waals surface area contributed by atoms with Crippen LogP contribution in [0.4, 0.5) is 4.79 Å². The van der Waals surface area contributed by atoms with E-state index in [1.807, 2.05) is 0 Å². The molecular formula is C23H29NO2. The van der Waals surface area contributed by atoms with Crippen molar-refractivity contribution in [2.24, 2.45) is 5.41 Å². The molecule has 1 aliphatic rings. The maximum absolute atomic E-state index is 11.3. The Kier molecular flexibility index (Phi) is 4.60. The molecular weight excluding hydrogens is 322 g/mol. The van der Waals surface area contributed by atoms with E-state index >= 15 is 0 Å². The molecule has 2 aromatic carbocycles. The molecule has 3 nitrogen and oxygen atoms in total. The summed E-state index contributed by atoms with van der Waals surface area (Å²) >= 11 is 0. The molecule has 0 aliphatic heterocycles. The maximum Gasteiger partial charge on any atom is 0.405 e. The van der Waals surface area contributed by atoms with Crippen LogP contribution in [0.1, 0.15) is 63.8 Å². The van der Waals surface area contributed by atoms with Crippen molar-refractivity contribution in [3.8, 4) is 11.1 Å². The molecule has 0 bridgehead atoms. The van der Waals surface area contributed by atoms with Gasteiger partial charge in [0, 0.05) is 0 Å². The topological polar surface area (TPSA) is 49.3 Å². The largest absolute Gasteiger partial charge is 0.465 e. The van der Waals surface area contributed by atoms with Gasteiger partial charge in [-0.05, 0) is 51.5 Å². The van der Waals surface area contributed by atoms with E-state index in [9.17, 15) is 9.90 Å². The van der Waals surface area contributed by atoms with Crippen molar-refractivity contribution in [2.75, 3.05) is 0 Å². The number of benzene rings is 2. The number of fused-ring (bicyclic) bond motifs is 1. The predicted octanol–water partition coefficient (Wildman–Crippen LogP) is 5.93. The number of nitrogens with one attached hydrogen (secondary N) is 1. The highest BCUT2D eigenvalue weighted by Gasteiger charge is 2.37. The molecule has 0 unspecified atom stereocenters. The molecule has 138 valence electrons. The zero-order valence-corrected chi connectivity index (χ0v) is 16.4. The molecule has 26 heavy (non-hydrogen) atoms. The van der Waals surface area contributed by atoms with Crippen molar-refractivity contribution in [3.63, 3.8) is 0 Å². The van der Waals surface area contributed by atoms with Crippen molar-refractivity contribution < 1.29 is 9.90 Å². The van der Waals surface area contributed by atoms with Gasteiger partial charge in [0.15, 0.2) is 0 Å². The van der Waals surface area contributed by atoms with Gasteiger partial charge in [-0.15, -0.1) is 0 Å². The number of amides is 1. The van der Waals surface area contributed by atoms with Crippen molar-refractivity contribution >= 4 is 6.09 Å². The summed E-state index contributed by atoms with van der Waals surface area (Å²) in [5.41, 5.74) is 6.13. The Labute approximate surface area is 156 Å². The molecule has 0 heterocycles. The summed E-state index contributed by atoms with van der Waals surface area (Å²) < 4.78 is 0. The van der Waals surface area contributed by atoms with Crippen LogP contribution < -0.4 is 5.32 Å². The van der Waals surface area contributed by atoms with Crippen molar-refractivity contribution in [2.45, 2.75) is 58.9 Å². The first-order valence-electron chi connectivity index (χ1n) is 9.31. The minimum absolute atomic E-state index is 0.0843. The summed E-state index contributed by atoms with van der Waals surface area (Å²) in [4.78, 5) is 11.3. The van der Waals surface area contributed by atoms with Gasteiger partial charge >= 0.3 is 6.09 Å². The molecule has 0 radical (unpaired) electrons. The highest BCUT2D eigenvalue weighted by molar-refractivity contribution is 5.68. The second kappa shape index (κ2) is 6.46. The lowest BCUT2D eigenvalue weighted by Crippen LogP contribution is -2.40. The van der Waals surface area contributed by atoms with E-state index in [1.54, 1.807) is 0 Å². The van der Waals surface area contributed by atoms with Gasteiger partial charge in [-0.3, -0.25) is 0 Å². The second-order valence-electron chi connectivity index (χ2n) is 9.12. The Balaban J connectivity index is 2.01. The van der Waals surface area contributed by atoms with E-state index in [-0.39, 0.29) is 16.9 Å². The van der Waals surface area contributed by atoms with E-state index in [1.165, 1.54) is 22.3 Å². The number of hydrogen-bond donors (Lipinski definition) is 2. The minimum atomic E-state index is -0.960. The molecule has 1 atom stereocenters.